The predicted octanol–water partition coefficient (Wildman–Crippen LogP) is 1.15. The molecule has 0 saturated carbocycles. The van der Waals surface area contributed by atoms with Gasteiger partial charge in [-0.05, 0) is 24.1 Å². The number of aryl methyl sites for hydroxylation is 1. The van der Waals surface area contributed by atoms with Gasteiger partial charge in [0.25, 0.3) is 0 Å². The summed E-state index contributed by atoms with van der Waals surface area (Å²) in [6.45, 7) is 3.39. The highest BCUT2D eigenvalue weighted by Crippen LogP contribution is 2.22. The molecule has 1 unspecified atom stereocenters. The predicted molar refractivity (Wildman–Crippen MR) is 66.1 cm³/mol. The first-order valence-electron chi connectivity index (χ1n) is 5.85. The average molecular weight is 234 g/mol. The van der Waals surface area contributed by atoms with Gasteiger partial charge in [-0.3, -0.25) is 4.79 Å². The molecule has 1 saturated heterocycles. The number of rotatable bonds is 2. The molecule has 0 aliphatic carbocycles. The summed E-state index contributed by atoms with van der Waals surface area (Å²) in [5, 5.41) is 6.28. The van der Waals surface area contributed by atoms with E-state index in [2.05, 4.69) is 16.7 Å². The van der Waals surface area contributed by atoms with Crippen molar-refractivity contribution in [3.8, 4) is 5.75 Å². The van der Waals surface area contributed by atoms with Crippen LogP contribution in [0, 0.1) is 6.92 Å². The highest BCUT2D eigenvalue weighted by atomic mass is 16.5. The number of carbonyl (C=O) groups excluding carboxylic acids is 1. The van der Waals surface area contributed by atoms with Gasteiger partial charge in [-0.2, -0.15) is 0 Å². The minimum atomic E-state index is 0.116. The number of amides is 1. The second-order valence-corrected chi connectivity index (χ2v) is 4.29. The fourth-order valence-corrected chi connectivity index (χ4v) is 2.09. The van der Waals surface area contributed by atoms with Gasteiger partial charge in [-0.15, -0.1) is 0 Å². The number of methoxy groups -OCH3 is 1. The smallest absolute Gasteiger partial charge is 0.221 e. The largest absolute Gasteiger partial charge is 0.496 e. The summed E-state index contributed by atoms with van der Waals surface area (Å²) in [5.41, 5.74) is 2.30. The Kier molecular flexibility index (Phi) is 3.64. The summed E-state index contributed by atoms with van der Waals surface area (Å²) in [4.78, 5) is 11.3. The van der Waals surface area contributed by atoms with Gasteiger partial charge in [0.15, 0.2) is 0 Å². The van der Waals surface area contributed by atoms with E-state index in [0.717, 1.165) is 17.9 Å². The Balaban J connectivity index is 2.16. The average Bonchev–Trinajstić information content (AvgIpc) is 2.54. The topological polar surface area (TPSA) is 50.4 Å². The van der Waals surface area contributed by atoms with E-state index >= 15 is 0 Å². The molecule has 4 nitrogen and oxygen atoms in total. The van der Waals surface area contributed by atoms with Crippen LogP contribution in [0.25, 0.3) is 0 Å². The molecule has 1 fully saturated rings. The molecule has 2 rings (SSSR count). The summed E-state index contributed by atoms with van der Waals surface area (Å²) in [7, 11) is 1.67. The van der Waals surface area contributed by atoms with Crippen molar-refractivity contribution in [2.45, 2.75) is 19.4 Å². The Morgan fingerprint density at radius 1 is 1.41 bits per heavy atom. The lowest BCUT2D eigenvalue weighted by atomic mass is 10.0. The van der Waals surface area contributed by atoms with Crippen LogP contribution in [0.15, 0.2) is 18.2 Å². The lowest BCUT2D eigenvalue weighted by molar-refractivity contribution is -0.120. The van der Waals surface area contributed by atoms with Crippen molar-refractivity contribution >= 4 is 5.91 Å². The van der Waals surface area contributed by atoms with E-state index in [4.69, 9.17) is 4.74 Å². The maximum absolute atomic E-state index is 11.3. The minimum Gasteiger partial charge on any atom is -0.496 e. The first kappa shape index (κ1) is 11.9. The normalized spacial score (nSPS) is 20.6. The van der Waals surface area contributed by atoms with Crippen molar-refractivity contribution in [3.63, 3.8) is 0 Å². The maximum Gasteiger partial charge on any atom is 0.221 e. The second-order valence-electron chi connectivity index (χ2n) is 4.29. The van der Waals surface area contributed by atoms with Gasteiger partial charge in [0.2, 0.25) is 5.91 Å². The molecule has 4 heteroatoms. The zero-order valence-electron chi connectivity index (χ0n) is 10.2. The first-order valence-corrected chi connectivity index (χ1v) is 5.85. The minimum absolute atomic E-state index is 0.116. The van der Waals surface area contributed by atoms with Crippen LogP contribution in [0.1, 0.15) is 23.6 Å². The monoisotopic (exact) mass is 234 g/mol. The Morgan fingerprint density at radius 2 is 2.24 bits per heavy atom. The van der Waals surface area contributed by atoms with Gasteiger partial charge in [0.05, 0.1) is 7.11 Å². The van der Waals surface area contributed by atoms with Gasteiger partial charge in [-0.1, -0.05) is 12.1 Å². The van der Waals surface area contributed by atoms with Gasteiger partial charge in [0.1, 0.15) is 5.75 Å². The fraction of sp³-hybridized carbons (Fsp3) is 0.462. The molecular formula is C13H18N2O2. The molecule has 1 aliphatic heterocycles. The highest BCUT2D eigenvalue weighted by molar-refractivity contribution is 5.76. The molecule has 92 valence electrons. The number of nitrogens with one attached hydrogen (secondary N) is 2. The van der Waals surface area contributed by atoms with E-state index in [1.807, 2.05) is 19.1 Å². The van der Waals surface area contributed by atoms with Crippen molar-refractivity contribution in [2.24, 2.45) is 0 Å². The van der Waals surface area contributed by atoms with E-state index < -0.39 is 0 Å². The molecule has 0 aromatic heterocycles. The zero-order chi connectivity index (χ0) is 12.3. The van der Waals surface area contributed by atoms with Crippen LogP contribution in [0.5, 0.6) is 5.75 Å². The van der Waals surface area contributed by atoms with Crippen molar-refractivity contribution in [2.75, 3.05) is 20.2 Å². The number of ether oxygens (including phenoxy) is 1. The van der Waals surface area contributed by atoms with Crippen LogP contribution < -0.4 is 15.4 Å². The van der Waals surface area contributed by atoms with Crippen molar-refractivity contribution < 1.29 is 9.53 Å². The Hall–Kier alpha value is -1.55. The van der Waals surface area contributed by atoms with Crippen LogP contribution in [-0.4, -0.2) is 26.1 Å². The van der Waals surface area contributed by atoms with E-state index in [-0.39, 0.29) is 11.9 Å². The molecule has 0 radical (unpaired) electrons. The number of hydrogen-bond donors (Lipinski definition) is 2. The summed E-state index contributed by atoms with van der Waals surface area (Å²) >= 11 is 0. The number of benzene rings is 1. The molecule has 1 aliphatic rings. The van der Waals surface area contributed by atoms with Gasteiger partial charge < -0.3 is 15.4 Å². The van der Waals surface area contributed by atoms with E-state index in [1.165, 1.54) is 5.56 Å². The second kappa shape index (κ2) is 5.19. The van der Waals surface area contributed by atoms with Crippen molar-refractivity contribution in [3.05, 3.63) is 29.3 Å². The van der Waals surface area contributed by atoms with E-state index in [0.29, 0.717) is 13.0 Å². The standard InChI is InChI=1S/C13H18N2O2/c1-9-7-10(3-4-12(9)17-2)11-8-15-13(16)5-6-14-11/h3-4,7,11,14H,5-6,8H2,1-2H3,(H,15,16). The molecule has 1 heterocycles. The Bertz CT molecular complexity index is 418. The zero-order valence-corrected chi connectivity index (χ0v) is 10.2. The number of hydrogen-bond acceptors (Lipinski definition) is 3. The molecule has 1 aromatic rings. The molecular weight excluding hydrogens is 216 g/mol. The van der Waals surface area contributed by atoms with E-state index in [9.17, 15) is 4.79 Å². The van der Waals surface area contributed by atoms with Crippen molar-refractivity contribution in [1.29, 1.82) is 0 Å². The molecule has 0 bridgehead atoms. The quantitative estimate of drug-likeness (QED) is 0.807. The first-order chi connectivity index (χ1) is 8.20. The Morgan fingerprint density at radius 3 is 2.94 bits per heavy atom. The molecule has 1 atom stereocenters. The fourth-order valence-electron chi connectivity index (χ4n) is 2.09. The van der Waals surface area contributed by atoms with Gasteiger partial charge >= 0.3 is 0 Å². The summed E-state index contributed by atoms with van der Waals surface area (Å²) in [5.74, 6) is 1.01. The molecule has 17 heavy (non-hydrogen) atoms. The lowest BCUT2D eigenvalue weighted by Gasteiger charge is -2.17. The number of carbonyl (C=O) groups is 1. The molecule has 1 aromatic carbocycles. The maximum atomic E-state index is 11.3. The summed E-state index contributed by atoms with van der Waals surface area (Å²) < 4.78 is 5.24. The van der Waals surface area contributed by atoms with Crippen LogP contribution in [-0.2, 0) is 4.79 Å². The van der Waals surface area contributed by atoms with E-state index in [1.54, 1.807) is 7.11 Å². The van der Waals surface area contributed by atoms with Gasteiger partial charge in [0, 0.05) is 25.6 Å². The lowest BCUT2D eigenvalue weighted by Crippen LogP contribution is -2.28. The van der Waals surface area contributed by atoms with Crippen LogP contribution >= 0.6 is 0 Å². The molecule has 0 spiro atoms. The van der Waals surface area contributed by atoms with Gasteiger partial charge in [-0.25, -0.2) is 0 Å². The SMILES string of the molecule is COc1ccc(C2CNC(=O)CCN2)cc1C. The van der Waals surface area contributed by atoms with Crippen LogP contribution in [0.4, 0.5) is 0 Å². The molecule has 2 N–H and O–H groups in total. The summed E-state index contributed by atoms with van der Waals surface area (Å²) in [6, 6.07) is 6.31. The van der Waals surface area contributed by atoms with Crippen LogP contribution in [0.2, 0.25) is 0 Å². The third-order valence-corrected chi connectivity index (χ3v) is 3.07. The third-order valence-electron chi connectivity index (χ3n) is 3.07. The Labute approximate surface area is 101 Å². The highest BCUT2D eigenvalue weighted by Gasteiger charge is 2.17. The van der Waals surface area contributed by atoms with Crippen LogP contribution in [0.3, 0.4) is 0 Å². The molecule has 1 amide bonds. The third kappa shape index (κ3) is 2.77. The summed E-state index contributed by atoms with van der Waals surface area (Å²) in [6.07, 6.45) is 0.547. The van der Waals surface area contributed by atoms with Crippen molar-refractivity contribution in [1.82, 2.24) is 10.6 Å².